The van der Waals surface area contributed by atoms with E-state index in [4.69, 9.17) is 10.1 Å². The van der Waals surface area contributed by atoms with Gasteiger partial charge in [0.2, 0.25) is 0 Å². The van der Waals surface area contributed by atoms with E-state index in [2.05, 4.69) is 17.4 Å². The molecule has 1 aliphatic carbocycles. The third-order valence-electron chi connectivity index (χ3n) is 6.85. The summed E-state index contributed by atoms with van der Waals surface area (Å²) in [5.74, 6) is -1.16. The first-order chi connectivity index (χ1) is 18.1. The topological polar surface area (TPSA) is 125 Å². The maximum atomic E-state index is 13.6. The predicted molar refractivity (Wildman–Crippen MR) is 140 cm³/mol. The normalized spacial score (nSPS) is 18.3. The Hall–Kier alpha value is -3.56. The number of carbonyl (C=O) groups is 2. The summed E-state index contributed by atoms with van der Waals surface area (Å²) in [6.07, 6.45) is -1.59. The van der Waals surface area contributed by atoms with Gasteiger partial charge in [0.25, 0.3) is 5.91 Å². The molecule has 0 aliphatic heterocycles. The van der Waals surface area contributed by atoms with Gasteiger partial charge in [0.05, 0.1) is 24.3 Å². The van der Waals surface area contributed by atoms with Gasteiger partial charge in [-0.2, -0.15) is 0 Å². The van der Waals surface area contributed by atoms with E-state index in [0.29, 0.717) is 22.8 Å². The standard InChI is InChI=1S/C29H34FN3O5/c1-17(2)27-26(29(38)31-24-16-23(24)18-6-4-3-5-7-18)32-28(19-8-10-20(30)11-9-19)33(27)13-12-21(34)14-22(35)15-25(36)37/h3-11,17,21-24,34-35H,12-16H2,1-2H3,(H,31,38)(H,36,37)/t21-,22-,23-,24+/m1/s1. The van der Waals surface area contributed by atoms with Crippen molar-refractivity contribution in [2.45, 2.75) is 76.2 Å². The van der Waals surface area contributed by atoms with Gasteiger partial charge < -0.3 is 25.2 Å². The molecule has 8 nitrogen and oxygen atoms in total. The summed E-state index contributed by atoms with van der Waals surface area (Å²) < 4.78 is 15.5. The molecule has 4 N–H and O–H groups in total. The second-order valence-corrected chi connectivity index (χ2v) is 10.2. The van der Waals surface area contributed by atoms with Gasteiger partial charge in [0, 0.05) is 24.1 Å². The van der Waals surface area contributed by atoms with Gasteiger partial charge in [-0.1, -0.05) is 44.2 Å². The van der Waals surface area contributed by atoms with E-state index in [9.17, 15) is 24.2 Å². The van der Waals surface area contributed by atoms with E-state index < -0.39 is 30.4 Å². The van der Waals surface area contributed by atoms with E-state index in [0.717, 1.165) is 6.42 Å². The third kappa shape index (κ3) is 6.65. The molecule has 4 atom stereocenters. The quantitative estimate of drug-likeness (QED) is 0.284. The minimum atomic E-state index is -1.16. The molecule has 3 aromatic rings. The molecule has 38 heavy (non-hydrogen) atoms. The van der Waals surface area contributed by atoms with Crippen molar-refractivity contribution >= 4 is 11.9 Å². The summed E-state index contributed by atoms with van der Waals surface area (Å²) in [7, 11) is 0. The van der Waals surface area contributed by atoms with Crippen LogP contribution in [0.3, 0.4) is 0 Å². The Balaban J connectivity index is 1.59. The van der Waals surface area contributed by atoms with Crippen LogP contribution in [0.15, 0.2) is 54.6 Å². The molecule has 1 aliphatic rings. The molecule has 0 radical (unpaired) electrons. The molecule has 202 valence electrons. The molecule has 0 unspecified atom stereocenters. The van der Waals surface area contributed by atoms with Crippen LogP contribution in [0.2, 0.25) is 0 Å². The van der Waals surface area contributed by atoms with Gasteiger partial charge in [-0.25, -0.2) is 9.37 Å². The van der Waals surface area contributed by atoms with Crippen LogP contribution in [0.5, 0.6) is 0 Å². The van der Waals surface area contributed by atoms with Crippen molar-refractivity contribution in [1.29, 1.82) is 0 Å². The van der Waals surface area contributed by atoms with Crippen LogP contribution >= 0.6 is 0 Å². The molecule has 0 bridgehead atoms. The number of rotatable bonds is 12. The Bertz CT molecular complexity index is 1260. The number of aromatic nitrogens is 2. The average molecular weight is 524 g/mol. The van der Waals surface area contributed by atoms with Crippen molar-refractivity contribution in [3.05, 3.63) is 77.4 Å². The summed E-state index contributed by atoms with van der Waals surface area (Å²) in [6, 6.07) is 15.9. The van der Waals surface area contributed by atoms with E-state index in [1.54, 1.807) is 12.1 Å². The number of carboxylic acid groups (broad SMARTS) is 1. The van der Waals surface area contributed by atoms with Gasteiger partial charge in [0.1, 0.15) is 17.3 Å². The minimum Gasteiger partial charge on any atom is -0.481 e. The highest BCUT2D eigenvalue weighted by Crippen LogP contribution is 2.41. The molecule has 0 spiro atoms. The monoisotopic (exact) mass is 523 g/mol. The number of halogens is 1. The fourth-order valence-electron chi connectivity index (χ4n) is 4.92. The number of nitrogens with zero attached hydrogens (tertiary/aromatic N) is 2. The van der Waals surface area contributed by atoms with Crippen LogP contribution in [-0.2, 0) is 11.3 Å². The highest BCUT2D eigenvalue weighted by Gasteiger charge is 2.40. The molecule has 0 saturated heterocycles. The Kier molecular flexibility index (Phi) is 8.58. The van der Waals surface area contributed by atoms with Crippen LogP contribution in [0.1, 0.15) is 73.1 Å². The highest BCUT2D eigenvalue weighted by molar-refractivity contribution is 5.95. The van der Waals surface area contributed by atoms with Crippen molar-refractivity contribution in [2.75, 3.05) is 0 Å². The van der Waals surface area contributed by atoms with Crippen molar-refractivity contribution in [2.24, 2.45) is 0 Å². The zero-order valence-electron chi connectivity index (χ0n) is 21.5. The van der Waals surface area contributed by atoms with Gasteiger partial charge >= 0.3 is 5.97 Å². The molecule has 9 heteroatoms. The number of aliphatic hydroxyl groups is 2. The zero-order valence-corrected chi connectivity index (χ0v) is 21.5. The molecular formula is C29H34FN3O5. The number of aliphatic carboxylic acids is 1. The lowest BCUT2D eigenvalue weighted by molar-refractivity contribution is -0.139. The number of carboxylic acids is 1. The summed E-state index contributed by atoms with van der Waals surface area (Å²) >= 11 is 0. The molecule has 1 amide bonds. The average Bonchev–Trinajstić information content (AvgIpc) is 3.52. The minimum absolute atomic E-state index is 0.0156. The second kappa shape index (κ2) is 11.9. The number of hydrogen-bond donors (Lipinski definition) is 4. The lowest BCUT2D eigenvalue weighted by Crippen LogP contribution is -2.28. The Morgan fingerprint density at radius 2 is 1.76 bits per heavy atom. The number of hydrogen-bond acceptors (Lipinski definition) is 5. The SMILES string of the molecule is CC(C)c1c(C(=O)N[C@H]2C[C@@H]2c2ccccc2)nc(-c2ccc(F)cc2)n1CC[C@@H](O)C[C@@H](O)CC(=O)O. The zero-order chi connectivity index (χ0) is 27.4. The van der Waals surface area contributed by atoms with Crippen LogP contribution in [0.25, 0.3) is 11.4 Å². The highest BCUT2D eigenvalue weighted by atomic mass is 19.1. The number of imidazole rings is 1. The number of amides is 1. The first-order valence-corrected chi connectivity index (χ1v) is 12.9. The third-order valence-corrected chi connectivity index (χ3v) is 6.85. The number of benzene rings is 2. The Labute approximate surface area is 221 Å². The van der Waals surface area contributed by atoms with E-state index in [-0.39, 0.29) is 43.2 Å². The van der Waals surface area contributed by atoms with Gasteiger partial charge in [0.15, 0.2) is 0 Å². The number of carbonyl (C=O) groups excluding carboxylic acids is 1. The number of nitrogens with one attached hydrogen (secondary N) is 1. The predicted octanol–water partition coefficient (Wildman–Crippen LogP) is 4.08. The molecule has 1 aromatic heterocycles. The van der Waals surface area contributed by atoms with Gasteiger partial charge in [-0.15, -0.1) is 0 Å². The fraction of sp³-hybridized carbons (Fsp3) is 0.414. The van der Waals surface area contributed by atoms with Gasteiger partial charge in [-0.05, 0) is 55.0 Å². The Morgan fingerprint density at radius 3 is 2.39 bits per heavy atom. The summed E-state index contributed by atoms with van der Waals surface area (Å²) in [5.41, 5.74) is 2.79. The van der Waals surface area contributed by atoms with Crippen molar-refractivity contribution in [3.8, 4) is 11.4 Å². The van der Waals surface area contributed by atoms with E-state index in [1.807, 2.05) is 36.6 Å². The van der Waals surface area contributed by atoms with Crippen molar-refractivity contribution in [3.63, 3.8) is 0 Å². The summed E-state index contributed by atoms with van der Waals surface area (Å²) in [5, 5.41) is 32.4. The summed E-state index contributed by atoms with van der Waals surface area (Å²) in [4.78, 5) is 29.0. The van der Waals surface area contributed by atoms with Crippen LogP contribution in [0, 0.1) is 5.82 Å². The lowest BCUT2D eigenvalue weighted by atomic mass is 10.0. The molecule has 1 heterocycles. The first-order valence-electron chi connectivity index (χ1n) is 12.9. The molecule has 1 fully saturated rings. The molecular weight excluding hydrogens is 489 g/mol. The van der Waals surface area contributed by atoms with Crippen molar-refractivity contribution in [1.82, 2.24) is 14.9 Å². The molecule has 4 rings (SSSR count). The van der Waals surface area contributed by atoms with E-state index >= 15 is 0 Å². The Morgan fingerprint density at radius 1 is 1.08 bits per heavy atom. The van der Waals surface area contributed by atoms with Crippen LogP contribution < -0.4 is 5.32 Å². The van der Waals surface area contributed by atoms with Crippen LogP contribution in [-0.4, -0.2) is 55.0 Å². The lowest BCUT2D eigenvalue weighted by Gasteiger charge is -2.19. The molecule has 1 saturated carbocycles. The maximum Gasteiger partial charge on any atom is 0.305 e. The van der Waals surface area contributed by atoms with Crippen LogP contribution in [0.4, 0.5) is 4.39 Å². The maximum absolute atomic E-state index is 13.6. The first kappa shape index (κ1) is 27.5. The smallest absolute Gasteiger partial charge is 0.305 e. The second-order valence-electron chi connectivity index (χ2n) is 10.2. The molecule has 2 aromatic carbocycles. The largest absolute Gasteiger partial charge is 0.481 e. The van der Waals surface area contributed by atoms with Gasteiger partial charge in [-0.3, -0.25) is 9.59 Å². The summed E-state index contributed by atoms with van der Waals surface area (Å²) in [6.45, 7) is 4.18. The fourth-order valence-corrected chi connectivity index (χ4v) is 4.92. The van der Waals surface area contributed by atoms with E-state index in [1.165, 1.54) is 17.7 Å². The van der Waals surface area contributed by atoms with Crippen molar-refractivity contribution < 1.29 is 29.3 Å². The number of aliphatic hydroxyl groups excluding tert-OH is 2.